The number of benzene rings is 1. The van der Waals surface area contributed by atoms with Crippen LogP contribution in [0.2, 0.25) is 0 Å². The third kappa shape index (κ3) is 4.08. The van der Waals surface area contributed by atoms with Crippen molar-refractivity contribution in [2.45, 2.75) is 20.3 Å². The monoisotopic (exact) mass is 222 g/mol. The van der Waals surface area contributed by atoms with E-state index >= 15 is 0 Å². The van der Waals surface area contributed by atoms with Crippen molar-refractivity contribution in [1.82, 2.24) is 0 Å². The minimum atomic E-state index is 0.221. The Bertz CT molecular complexity index is 314. The summed E-state index contributed by atoms with van der Waals surface area (Å²) < 4.78 is 0. The lowest BCUT2D eigenvalue weighted by molar-refractivity contribution is 0.102. The van der Waals surface area contributed by atoms with Crippen LogP contribution >= 0.6 is 11.8 Å². The molecule has 0 N–H and O–H groups in total. The van der Waals surface area contributed by atoms with E-state index in [9.17, 15) is 4.79 Å². The summed E-state index contributed by atoms with van der Waals surface area (Å²) in [4.78, 5) is 11.6. The molecule has 0 radical (unpaired) electrons. The Morgan fingerprint density at radius 1 is 1.27 bits per heavy atom. The Kier molecular flexibility index (Phi) is 4.89. The van der Waals surface area contributed by atoms with Gasteiger partial charge in [-0.05, 0) is 24.2 Å². The molecule has 1 rings (SSSR count). The summed E-state index contributed by atoms with van der Waals surface area (Å²) in [6.45, 7) is 4.40. The number of carbonyl (C=O) groups excluding carboxylic acids is 1. The van der Waals surface area contributed by atoms with Crippen molar-refractivity contribution in [3.8, 4) is 0 Å². The van der Waals surface area contributed by atoms with Crippen LogP contribution in [0.25, 0.3) is 0 Å². The Morgan fingerprint density at radius 3 is 2.33 bits per heavy atom. The van der Waals surface area contributed by atoms with Crippen LogP contribution in [0.15, 0.2) is 24.3 Å². The molecule has 82 valence electrons. The van der Waals surface area contributed by atoms with Gasteiger partial charge in [0.2, 0.25) is 0 Å². The molecule has 0 bridgehead atoms. The molecule has 0 aliphatic carbocycles. The summed E-state index contributed by atoms with van der Waals surface area (Å²) in [6.07, 6.45) is 3.03. The molecule has 0 unspecified atom stereocenters. The number of hydrogen-bond acceptors (Lipinski definition) is 2. The first-order chi connectivity index (χ1) is 7.13. The van der Waals surface area contributed by atoms with Gasteiger partial charge in [0.25, 0.3) is 0 Å². The smallest absolute Gasteiger partial charge is 0.172 e. The van der Waals surface area contributed by atoms with Crippen LogP contribution in [-0.2, 0) is 6.42 Å². The normalized spacial score (nSPS) is 10.7. The number of carbonyl (C=O) groups is 1. The van der Waals surface area contributed by atoms with Crippen LogP contribution in [0.4, 0.5) is 0 Å². The van der Waals surface area contributed by atoms with Gasteiger partial charge in [0, 0.05) is 5.56 Å². The average Bonchev–Trinajstić information content (AvgIpc) is 2.18. The molecule has 0 heterocycles. The predicted molar refractivity (Wildman–Crippen MR) is 67.7 cm³/mol. The fourth-order valence-electron chi connectivity index (χ4n) is 1.51. The summed E-state index contributed by atoms with van der Waals surface area (Å²) >= 11 is 1.57. The van der Waals surface area contributed by atoms with E-state index in [-0.39, 0.29) is 5.78 Å². The Morgan fingerprint density at radius 2 is 1.87 bits per heavy atom. The lowest BCUT2D eigenvalue weighted by Gasteiger charge is -2.05. The van der Waals surface area contributed by atoms with Crippen LogP contribution in [0.1, 0.15) is 29.8 Å². The molecule has 2 heteroatoms. The van der Waals surface area contributed by atoms with Crippen molar-refractivity contribution < 1.29 is 4.79 Å². The molecule has 0 aliphatic heterocycles. The minimum absolute atomic E-state index is 0.221. The Balaban J connectivity index is 2.67. The van der Waals surface area contributed by atoms with Gasteiger partial charge in [-0.25, -0.2) is 0 Å². The van der Waals surface area contributed by atoms with E-state index in [2.05, 4.69) is 26.0 Å². The molecule has 0 atom stereocenters. The van der Waals surface area contributed by atoms with Crippen molar-refractivity contribution in [1.29, 1.82) is 0 Å². The highest BCUT2D eigenvalue weighted by atomic mass is 32.2. The molecule has 0 saturated carbocycles. The maximum Gasteiger partial charge on any atom is 0.172 e. The molecule has 1 aromatic carbocycles. The predicted octanol–water partition coefficient (Wildman–Crippen LogP) is 3.43. The Hall–Kier alpha value is -0.760. The molecule has 0 spiro atoms. The van der Waals surface area contributed by atoms with Crippen molar-refractivity contribution in [3.63, 3.8) is 0 Å². The maximum atomic E-state index is 11.6. The number of rotatable bonds is 5. The number of thioether (sulfide) groups is 1. The first-order valence-electron chi connectivity index (χ1n) is 5.24. The van der Waals surface area contributed by atoms with Gasteiger partial charge in [-0.3, -0.25) is 4.79 Å². The molecule has 0 aromatic heterocycles. The second-order valence-corrected chi connectivity index (χ2v) is 5.02. The third-order valence-corrected chi connectivity index (χ3v) is 2.75. The number of hydrogen-bond donors (Lipinski definition) is 0. The number of Topliss-reactive ketones (excluding diaryl/α,β-unsaturated/α-hetero) is 1. The standard InChI is InChI=1S/C13H18OS/c1-10(2)8-11-4-6-12(7-5-11)13(14)9-15-3/h4-7,10H,8-9H2,1-3H3. The SMILES string of the molecule is CSCC(=O)c1ccc(CC(C)C)cc1. The van der Waals surface area contributed by atoms with E-state index in [0.29, 0.717) is 11.7 Å². The van der Waals surface area contributed by atoms with Crippen molar-refractivity contribution in [2.75, 3.05) is 12.0 Å². The van der Waals surface area contributed by atoms with E-state index in [1.54, 1.807) is 11.8 Å². The summed E-state index contributed by atoms with van der Waals surface area (Å²) in [7, 11) is 0. The van der Waals surface area contributed by atoms with Crippen molar-refractivity contribution in [2.24, 2.45) is 5.92 Å². The zero-order valence-electron chi connectivity index (χ0n) is 9.62. The van der Waals surface area contributed by atoms with E-state index in [4.69, 9.17) is 0 Å². The highest BCUT2D eigenvalue weighted by Crippen LogP contribution is 2.11. The molecular weight excluding hydrogens is 204 g/mol. The molecule has 0 fully saturated rings. The molecule has 1 aromatic rings. The fourth-order valence-corrected chi connectivity index (χ4v) is 1.94. The quantitative estimate of drug-likeness (QED) is 0.710. The van der Waals surface area contributed by atoms with Gasteiger partial charge in [0.1, 0.15) is 0 Å². The molecule has 0 saturated heterocycles. The van der Waals surface area contributed by atoms with Crippen molar-refractivity contribution in [3.05, 3.63) is 35.4 Å². The molecule has 0 aliphatic rings. The first kappa shape index (κ1) is 12.3. The lowest BCUT2D eigenvalue weighted by atomic mass is 10.0. The first-order valence-corrected chi connectivity index (χ1v) is 6.64. The summed E-state index contributed by atoms with van der Waals surface area (Å²) in [6, 6.07) is 8.01. The second kappa shape index (κ2) is 5.96. The average molecular weight is 222 g/mol. The highest BCUT2D eigenvalue weighted by Gasteiger charge is 2.04. The van der Waals surface area contributed by atoms with E-state index in [1.165, 1.54) is 5.56 Å². The van der Waals surface area contributed by atoms with Gasteiger partial charge in [-0.2, -0.15) is 11.8 Å². The highest BCUT2D eigenvalue weighted by molar-refractivity contribution is 7.99. The van der Waals surface area contributed by atoms with Gasteiger partial charge in [0.15, 0.2) is 5.78 Å². The molecular formula is C13H18OS. The van der Waals surface area contributed by atoms with Crippen molar-refractivity contribution >= 4 is 17.5 Å². The molecule has 15 heavy (non-hydrogen) atoms. The maximum absolute atomic E-state index is 11.6. The van der Waals surface area contributed by atoms with Crippen LogP contribution in [0.3, 0.4) is 0 Å². The Labute approximate surface area is 96.3 Å². The molecule has 0 amide bonds. The fraction of sp³-hybridized carbons (Fsp3) is 0.462. The summed E-state index contributed by atoms with van der Waals surface area (Å²) in [5, 5.41) is 0. The van der Waals surface area contributed by atoms with Crippen LogP contribution in [0, 0.1) is 5.92 Å². The van der Waals surface area contributed by atoms with Gasteiger partial charge >= 0.3 is 0 Å². The zero-order valence-corrected chi connectivity index (χ0v) is 10.4. The van der Waals surface area contributed by atoms with E-state index in [0.717, 1.165) is 12.0 Å². The van der Waals surface area contributed by atoms with Gasteiger partial charge < -0.3 is 0 Å². The largest absolute Gasteiger partial charge is 0.293 e. The second-order valence-electron chi connectivity index (χ2n) is 4.15. The zero-order chi connectivity index (χ0) is 11.3. The van der Waals surface area contributed by atoms with Crippen LogP contribution < -0.4 is 0 Å². The van der Waals surface area contributed by atoms with Gasteiger partial charge in [-0.1, -0.05) is 38.1 Å². The lowest BCUT2D eigenvalue weighted by Crippen LogP contribution is -2.02. The minimum Gasteiger partial charge on any atom is -0.293 e. The van der Waals surface area contributed by atoms with Gasteiger partial charge in [-0.15, -0.1) is 0 Å². The van der Waals surface area contributed by atoms with Gasteiger partial charge in [0.05, 0.1) is 5.75 Å². The van der Waals surface area contributed by atoms with E-state index < -0.39 is 0 Å². The number of ketones is 1. The van der Waals surface area contributed by atoms with Crippen LogP contribution in [-0.4, -0.2) is 17.8 Å². The van der Waals surface area contributed by atoms with E-state index in [1.807, 2.05) is 18.4 Å². The van der Waals surface area contributed by atoms with Crippen LogP contribution in [0.5, 0.6) is 0 Å². The summed E-state index contributed by atoms with van der Waals surface area (Å²) in [5.41, 5.74) is 2.14. The third-order valence-electron chi connectivity index (χ3n) is 2.20. The topological polar surface area (TPSA) is 17.1 Å². The molecule has 1 nitrogen and oxygen atoms in total. The summed E-state index contributed by atoms with van der Waals surface area (Å²) in [5.74, 6) is 1.46.